The Morgan fingerprint density at radius 2 is 2.21 bits per heavy atom. The molecule has 1 aromatic carbocycles. The van der Waals surface area contributed by atoms with E-state index in [1.54, 1.807) is 0 Å². The van der Waals surface area contributed by atoms with Crippen LogP contribution >= 0.6 is 0 Å². The number of likely N-dealkylation sites (N-methyl/N-ethyl adjacent to an activating group) is 1. The predicted octanol–water partition coefficient (Wildman–Crippen LogP) is 1.96. The lowest BCUT2D eigenvalue weighted by Gasteiger charge is -2.29. The average Bonchev–Trinajstić information content (AvgIpc) is 2.19. The summed E-state index contributed by atoms with van der Waals surface area (Å²) >= 11 is 0. The second kappa shape index (κ2) is 4.47. The molecule has 2 rings (SSSR count). The largest absolute Gasteiger partial charge is 0.489 e. The molecule has 0 amide bonds. The zero-order valence-electron chi connectivity index (χ0n) is 8.57. The maximum atomic E-state index is 5.86. The Hall–Kier alpha value is -1.02. The Bertz CT molecular complexity index is 273. The van der Waals surface area contributed by atoms with Gasteiger partial charge in [0.1, 0.15) is 11.9 Å². The van der Waals surface area contributed by atoms with Gasteiger partial charge in [0.2, 0.25) is 0 Å². The van der Waals surface area contributed by atoms with Gasteiger partial charge in [-0.1, -0.05) is 12.1 Å². The van der Waals surface area contributed by atoms with Crippen molar-refractivity contribution in [3.8, 4) is 5.75 Å². The van der Waals surface area contributed by atoms with Crippen LogP contribution in [0.4, 0.5) is 0 Å². The molecule has 75 valence electrons. The van der Waals surface area contributed by atoms with Crippen molar-refractivity contribution in [2.45, 2.75) is 18.9 Å². The molecule has 0 unspecified atom stereocenters. The summed E-state index contributed by atoms with van der Waals surface area (Å²) in [7, 11) is 2.15. The minimum atomic E-state index is 0.358. The highest BCUT2D eigenvalue weighted by atomic mass is 16.5. The van der Waals surface area contributed by atoms with Crippen molar-refractivity contribution in [2.75, 3.05) is 20.1 Å². The van der Waals surface area contributed by atoms with E-state index in [-0.39, 0.29) is 0 Å². The summed E-state index contributed by atoms with van der Waals surface area (Å²) in [6.07, 6.45) is 2.76. The first-order chi connectivity index (χ1) is 6.84. The van der Waals surface area contributed by atoms with Gasteiger partial charge >= 0.3 is 0 Å². The molecule has 1 aliphatic rings. The zero-order chi connectivity index (χ0) is 9.80. The third-order valence-corrected chi connectivity index (χ3v) is 2.57. The van der Waals surface area contributed by atoms with Crippen molar-refractivity contribution < 1.29 is 4.74 Å². The Kier molecular flexibility index (Phi) is 3.04. The number of hydrogen-bond donors (Lipinski definition) is 0. The van der Waals surface area contributed by atoms with Crippen LogP contribution in [0.2, 0.25) is 0 Å². The number of rotatable bonds is 2. The van der Waals surface area contributed by atoms with E-state index in [0.29, 0.717) is 6.10 Å². The zero-order valence-corrected chi connectivity index (χ0v) is 8.57. The Morgan fingerprint density at radius 3 is 2.93 bits per heavy atom. The van der Waals surface area contributed by atoms with E-state index in [1.165, 1.54) is 19.4 Å². The number of ether oxygens (including phenoxy) is 1. The molecule has 1 fully saturated rings. The van der Waals surface area contributed by atoms with Gasteiger partial charge in [-0.25, -0.2) is 0 Å². The highest BCUT2D eigenvalue weighted by Gasteiger charge is 2.18. The molecule has 2 heteroatoms. The van der Waals surface area contributed by atoms with Gasteiger partial charge in [-0.05, 0) is 44.6 Å². The normalized spacial score (nSPS) is 23.4. The van der Waals surface area contributed by atoms with Gasteiger partial charge in [-0.2, -0.15) is 0 Å². The lowest BCUT2D eigenvalue weighted by atomic mass is 10.1. The Balaban J connectivity index is 1.91. The molecule has 0 bridgehead atoms. The van der Waals surface area contributed by atoms with Crippen LogP contribution in [0.3, 0.4) is 0 Å². The summed E-state index contributed by atoms with van der Waals surface area (Å²) in [4.78, 5) is 2.32. The standard InChI is InChI=1S/C12H16NO/c1-13-9-5-8-12(10-13)14-11-6-3-2-4-7-11/h3-4,6-7,12H,5,8-10H2,1H3/t12-/m0/s1. The van der Waals surface area contributed by atoms with Crippen molar-refractivity contribution in [3.05, 3.63) is 30.3 Å². The monoisotopic (exact) mass is 190 g/mol. The van der Waals surface area contributed by atoms with Crippen molar-refractivity contribution in [1.82, 2.24) is 4.90 Å². The molecule has 1 saturated heterocycles. The third kappa shape index (κ3) is 2.48. The molecule has 1 atom stereocenters. The minimum Gasteiger partial charge on any atom is -0.489 e. The van der Waals surface area contributed by atoms with Crippen LogP contribution in [0.15, 0.2) is 24.3 Å². The maximum absolute atomic E-state index is 5.86. The summed E-state index contributed by atoms with van der Waals surface area (Å²) in [5.74, 6) is 0.962. The maximum Gasteiger partial charge on any atom is 0.119 e. The molecular formula is C12H16NO. The van der Waals surface area contributed by atoms with Gasteiger partial charge in [0, 0.05) is 6.54 Å². The van der Waals surface area contributed by atoms with E-state index in [1.807, 2.05) is 24.3 Å². The molecule has 0 aromatic heterocycles. The first-order valence-corrected chi connectivity index (χ1v) is 5.16. The summed E-state index contributed by atoms with van der Waals surface area (Å²) in [6, 6.07) is 10.7. The Morgan fingerprint density at radius 1 is 1.43 bits per heavy atom. The predicted molar refractivity (Wildman–Crippen MR) is 56.4 cm³/mol. The van der Waals surface area contributed by atoms with E-state index < -0.39 is 0 Å². The van der Waals surface area contributed by atoms with Crippen molar-refractivity contribution in [1.29, 1.82) is 0 Å². The number of nitrogens with zero attached hydrogens (tertiary/aromatic N) is 1. The second-order valence-electron chi connectivity index (χ2n) is 3.88. The summed E-state index contributed by atoms with van der Waals surface area (Å²) in [6.45, 7) is 2.24. The lowest BCUT2D eigenvalue weighted by Crippen LogP contribution is -2.38. The minimum absolute atomic E-state index is 0.358. The molecule has 14 heavy (non-hydrogen) atoms. The summed E-state index contributed by atoms with van der Waals surface area (Å²) < 4.78 is 5.86. The van der Waals surface area contributed by atoms with Gasteiger partial charge in [-0.15, -0.1) is 0 Å². The third-order valence-electron chi connectivity index (χ3n) is 2.57. The fourth-order valence-corrected chi connectivity index (χ4v) is 1.86. The van der Waals surface area contributed by atoms with Crippen molar-refractivity contribution in [2.24, 2.45) is 0 Å². The summed E-state index contributed by atoms with van der Waals surface area (Å²) in [5.41, 5.74) is 0. The molecule has 1 radical (unpaired) electrons. The van der Waals surface area contributed by atoms with E-state index >= 15 is 0 Å². The molecule has 0 N–H and O–H groups in total. The van der Waals surface area contributed by atoms with Crippen LogP contribution in [-0.2, 0) is 0 Å². The van der Waals surface area contributed by atoms with Gasteiger partial charge in [0.05, 0.1) is 0 Å². The number of benzene rings is 1. The fraction of sp³-hybridized carbons (Fsp3) is 0.500. The SMILES string of the molecule is CN1CCC[C@H](Oc2cc[c]cc2)C1. The van der Waals surface area contributed by atoms with Gasteiger partial charge in [0.25, 0.3) is 0 Å². The second-order valence-corrected chi connectivity index (χ2v) is 3.88. The molecule has 1 heterocycles. The van der Waals surface area contributed by atoms with E-state index in [0.717, 1.165) is 12.3 Å². The van der Waals surface area contributed by atoms with Crippen LogP contribution < -0.4 is 4.74 Å². The molecule has 2 nitrogen and oxygen atoms in total. The van der Waals surface area contributed by atoms with E-state index in [2.05, 4.69) is 18.0 Å². The molecular weight excluding hydrogens is 174 g/mol. The quantitative estimate of drug-likeness (QED) is 0.707. The number of hydrogen-bond acceptors (Lipinski definition) is 2. The summed E-state index contributed by atoms with van der Waals surface area (Å²) in [5, 5.41) is 0. The molecule has 0 spiro atoms. The van der Waals surface area contributed by atoms with Crippen LogP contribution in [0.1, 0.15) is 12.8 Å². The van der Waals surface area contributed by atoms with Gasteiger partial charge < -0.3 is 9.64 Å². The van der Waals surface area contributed by atoms with Gasteiger partial charge in [0.15, 0.2) is 0 Å². The fourth-order valence-electron chi connectivity index (χ4n) is 1.86. The van der Waals surface area contributed by atoms with E-state index in [9.17, 15) is 0 Å². The Labute approximate surface area is 85.5 Å². The molecule has 0 saturated carbocycles. The van der Waals surface area contributed by atoms with Crippen LogP contribution in [0, 0.1) is 6.07 Å². The molecule has 0 aliphatic carbocycles. The number of likely N-dealkylation sites (tertiary alicyclic amines) is 1. The lowest BCUT2D eigenvalue weighted by molar-refractivity contribution is 0.104. The van der Waals surface area contributed by atoms with Crippen LogP contribution in [-0.4, -0.2) is 31.1 Å². The smallest absolute Gasteiger partial charge is 0.119 e. The van der Waals surface area contributed by atoms with Crippen molar-refractivity contribution in [3.63, 3.8) is 0 Å². The average molecular weight is 190 g/mol. The van der Waals surface area contributed by atoms with Crippen molar-refractivity contribution >= 4 is 0 Å². The van der Waals surface area contributed by atoms with E-state index in [4.69, 9.17) is 4.74 Å². The topological polar surface area (TPSA) is 12.5 Å². The molecule has 1 aliphatic heterocycles. The number of piperidine rings is 1. The molecule has 1 aromatic rings. The highest BCUT2D eigenvalue weighted by molar-refractivity contribution is 5.20. The first-order valence-electron chi connectivity index (χ1n) is 5.16. The highest BCUT2D eigenvalue weighted by Crippen LogP contribution is 2.16. The van der Waals surface area contributed by atoms with Crippen LogP contribution in [0.25, 0.3) is 0 Å². The first kappa shape index (κ1) is 9.53. The van der Waals surface area contributed by atoms with Gasteiger partial charge in [-0.3, -0.25) is 0 Å². The van der Waals surface area contributed by atoms with Crippen LogP contribution in [0.5, 0.6) is 5.75 Å².